The van der Waals surface area contributed by atoms with Crippen LogP contribution in [0.3, 0.4) is 0 Å². The molecular formula is C16H17N3. The summed E-state index contributed by atoms with van der Waals surface area (Å²) in [5.41, 5.74) is 4.60. The van der Waals surface area contributed by atoms with Gasteiger partial charge in [-0.15, -0.1) is 0 Å². The summed E-state index contributed by atoms with van der Waals surface area (Å²) in [6, 6.07) is 12.6. The quantitative estimate of drug-likeness (QED) is 0.699. The van der Waals surface area contributed by atoms with Crippen molar-refractivity contribution in [3.05, 3.63) is 59.2 Å². The topological polar surface area (TPSA) is 30.7 Å². The van der Waals surface area contributed by atoms with E-state index in [4.69, 9.17) is 0 Å². The van der Waals surface area contributed by atoms with Gasteiger partial charge in [0.2, 0.25) is 0 Å². The van der Waals surface area contributed by atoms with E-state index >= 15 is 0 Å². The van der Waals surface area contributed by atoms with Crippen LogP contribution in [0.4, 0.5) is 0 Å². The first kappa shape index (κ1) is 11.9. The first-order chi connectivity index (χ1) is 9.15. The average molecular weight is 251 g/mol. The first-order valence-corrected chi connectivity index (χ1v) is 6.50. The van der Waals surface area contributed by atoms with Gasteiger partial charge in [-0.25, -0.2) is 9.97 Å². The maximum absolute atomic E-state index is 4.61. The van der Waals surface area contributed by atoms with Gasteiger partial charge in [-0.3, -0.25) is 0 Å². The van der Waals surface area contributed by atoms with Crippen molar-refractivity contribution in [2.75, 3.05) is 0 Å². The Kier molecular flexibility index (Phi) is 2.82. The molecule has 0 N–H and O–H groups in total. The van der Waals surface area contributed by atoms with Crippen LogP contribution in [0.2, 0.25) is 0 Å². The van der Waals surface area contributed by atoms with Crippen molar-refractivity contribution in [2.45, 2.75) is 27.3 Å². The van der Waals surface area contributed by atoms with E-state index < -0.39 is 0 Å². The van der Waals surface area contributed by atoms with Crippen LogP contribution in [0.25, 0.3) is 11.0 Å². The lowest BCUT2D eigenvalue weighted by molar-refractivity contribution is 0.790. The molecule has 0 aliphatic rings. The molecule has 0 unspecified atom stereocenters. The SMILES string of the molecule is Cc1nc(C)c2cc(C)n(Cc3ccccc3)c2n1. The Morgan fingerprint density at radius 2 is 1.74 bits per heavy atom. The summed E-state index contributed by atoms with van der Waals surface area (Å²) in [5, 5.41) is 1.15. The third-order valence-corrected chi connectivity index (χ3v) is 3.45. The van der Waals surface area contributed by atoms with Crippen LogP contribution in [0, 0.1) is 20.8 Å². The Hall–Kier alpha value is -2.16. The van der Waals surface area contributed by atoms with E-state index in [9.17, 15) is 0 Å². The Bertz CT molecular complexity index is 727. The first-order valence-electron chi connectivity index (χ1n) is 6.50. The van der Waals surface area contributed by atoms with Gasteiger partial charge >= 0.3 is 0 Å². The van der Waals surface area contributed by atoms with Gasteiger partial charge in [0.1, 0.15) is 11.5 Å². The molecule has 0 aliphatic heterocycles. The highest BCUT2D eigenvalue weighted by molar-refractivity contribution is 5.80. The zero-order valence-corrected chi connectivity index (χ0v) is 11.5. The van der Waals surface area contributed by atoms with E-state index in [0.717, 1.165) is 29.1 Å². The van der Waals surface area contributed by atoms with Gasteiger partial charge in [-0.1, -0.05) is 30.3 Å². The molecule has 96 valence electrons. The number of aryl methyl sites for hydroxylation is 3. The lowest BCUT2D eigenvalue weighted by Gasteiger charge is -2.08. The highest BCUT2D eigenvalue weighted by Gasteiger charge is 2.10. The molecule has 19 heavy (non-hydrogen) atoms. The third-order valence-electron chi connectivity index (χ3n) is 3.45. The molecule has 3 heteroatoms. The van der Waals surface area contributed by atoms with Gasteiger partial charge in [0.25, 0.3) is 0 Å². The molecule has 3 rings (SSSR count). The fraction of sp³-hybridized carbons (Fsp3) is 0.250. The molecule has 2 heterocycles. The second kappa shape index (κ2) is 4.50. The van der Waals surface area contributed by atoms with Gasteiger partial charge in [0.15, 0.2) is 0 Å². The minimum Gasteiger partial charge on any atom is -0.325 e. The van der Waals surface area contributed by atoms with Crippen molar-refractivity contribution < 1.29 is 0 Å². The normalized spacial score (nSPS) is 11.1. The summed E-state index contributed by atoms with van der Waals surface area (Å²) in [6.07, 6.45) is 0. The van der Waals surface area contributed by atoms with E-state index in [-0.39, 0.29) is 0 Å². The van der Waals surface area contributed by atoms with Gasteiger partial charge < -0.3 is 4.57 Å². The van der Waals surface area contributed by atoms with E-state index in [1.807, 2.05) is 19.9 Å². The van der Waals surface area contributed by atoms with Gasteiger partial charge in [-0.05, 0) is 32.4 Å². The van der Waals surface area contributed by atoms with Crippen LogP contribution in [0.15, 0.2) is 36.4 Å². The number of aromatic nitrogens is 3. The molecule has 0 saturated heterocycles. The van der Waals surface area contributed by atoms with Crippen molar-refractivity contribution in [1.29, 1.82) is 0 Å². The molecule has 1 aromatic carbocycles. The molecule has 3 nitrogen and oxygen atoms in total. The highest BCUT2D eigenvalue weighted by atomic mass is 15.1. The zero-order valence-electron chi connectivity index (χ0n) is 11.5. The van der Waals surface area contributed by atoms with Gasteiger partial charge in [0.05, 0.1) is 5.69 Å². The van der Waals surface area contributed by atoms with Crippen LogP contribution in [0.5, 0.6) is 0 Å². The lowest BCUT2D eigenvalue weighted by atomic mass is 10.2. The Morgan fingerprint density at radius 1 is 1.00 bits per heavy atom. The number of benzene rings is 1. The van der Waals surface area contributed by atoms with Crippen LogP contribution >= 0.6 is 0 Å². The van der Waals surface area contributed by atoms with Crippen molar-refractivity contribution in [2.24, 2.45) is 0 Å². The Labute approximate surface area is 112 Å². The second-order valence-corrected chi connectivity index (χ2v) is 4.95. The Balaban J connectivity index is 2.15. The summed E-state index contributed by atoms with van der Waals surface area (Å²) < 4.78 is 2.26. The third kappa shape index (κ3) is 2.12. The standard InChI is InChI=1S/C16H17N3/c1-11-9-15-12(2)17-13(3)18-16(15)19(11)10-14-7-5-4-6-8-14/h4-9H,10H2,1-3H3. The molecule has 0 aliphatic carbocycles. The molecule has 0 radical (unpaired) electrons. The second-order valence-electron chi connectivity index (χ2n) is 4.95. The number of fused-ring (bicyclic) bond motifs is 1. The molecule has 0 amide bonds. The summed E-state index contributed by atoms with van der Waals surface area (Å²) in [4.78, 5) is 9.04. The van der Waals surface area contributed by atoms with Crippen LogP contribution in [-0.4, -0.2) is 14.5 Å². The lowest BCUT2D eigenvalue weighted by Crippen LogP contribution is -2.04. The number of hydrogen-bond donors (Lipinski definition) is 0. The van der Waals surface area contributed by atoms with Crippen LogP contribution in [-0.2, 0) is 6.54 Å². The van der Waals surface area contributed by atoms with E-state index in [1.54, 1.807) is 0 Å². The predicted octanol–water partition coefficient (Wildman–Crippen LogP) is 3.40. The summed E-state index contributed by atoms with van der Waals surface area (Å²) in [6.45, 7) is 6.97. The van der Waals surface area contributed by atoms with Crippen LogP contribution < -0.4 is 0 Å². The van der Waals surface area contributed by atoms with E-state index in [0.29, 0.717) is 0 Å². The molecule has 2 aromatic heterocycles. The smallest absolute Gasteiger partial charge is 0.144 e. The molecule has 0 atom stereocenters. The highest BCUT2D eigenvalue weighted by Crippen LogP contribution is 2.21. The molecule has 0 bridgehead atoms. The van der Waals surface area contributed by atoms with Gasteiger partial charge in [-0.2, -0.15) is 0 Å². The minimum atomic E-state index is 0.831. The van der Waals surface area contributed by atoms with Crippen molar-refractivity contribution >= 4 is 11.0 Å². The molecular weight excluding hydrogens is 234 g/mol. The molecule has 0 fully saturated rings. The summed E-state index contributed by atoms with van der Waals surface area (Å²) >= 11 is 0. The van der Waals surface area contributed by atoms with Crippen molar-refractivity contribution in [1.82, 2.24) is 14.5 Å². The van der Waals surface area contributed by atoms with Crippen molar-refractivity contribution in [3.8, 4) is 0 Å². The molecule has 0 spiro atoms. The summed E-state index contributed by atoms with van der Waals surface area (Å²) in [5.74, 6) is 0.831. The largest absolute Gasteiger partial charge is 0.325 e. The number of rotatable bonds is 2. The number of nitrogens with zero attached hydrogens (tertiary/aromatic N) is 3. The monoisotopic (exact) mass is 251 g/mol. The minimum absolute atomic E-state index is 0.831. The zero-order chi connectivity index (χ0) is 13.4. The van der Waals surface area contributed by atoms with E-state index in [2.05, 4.69) is 51.8 Å². The number of hydrogen-bond acceptors (Lipinski definition) is 2. The molecule has 0 saturated carbocycles. The van der Waals surface area contributed by atoms with Gasteiger partial charge in [0, 0.05) is 17.6 Å². The fourth-order valence-electron chi connectivity index (χ4n) is 2.50. The van der Waals surface area contributed by atoms with E-state index in [1.165, 1.54) is 11.3 Å². The van der Waals surface area contributed by atoms with Crippen LogP contribution in [0.1, 0.15) is 22.8 Å². The molecule has 3 aromatic rings. The fourth-order valence-corrected chi connectivity index (χ4v) is 2.50. The predicted molar refractivity (Wildman–Crippen MR) is 77.3 cm³/mol. The Morgan fingerprint density at radius 3 is 2.47 bits per heavy atom. The maximum Gasteiger partial charge on any atom is 0.144 e. The summed E-state index contributed by atoms with van der Waals surface area (Å²) in [7, 11) is 0. The van der Waals surface area contributed by atoms with Crippen molar-refractivity contribution in [3.63, 3.8) is 0 Å². The average Bonchev–Trinajstić information content (AvgIpc) is 2.69. The maximum atomic E-state index is 4.61.